The Bertz CT molecular complexity index is 912. The van der Waals surface area contributed by atoms with Gasteiger partial charge in [0.25, 0.3) is 0 Å². The van der Waals surface area contributed by atoms with E-state index in [9.17, 15) is 0 Å². The van der Waals surface area contributed by atoms with Crippen molar-refractivity contribution in [1.82, 2.24) is 5.43 Å². The molecule has 25 heavy (non-hydrogen) atoms. The lowest BCUT2D eigenvalue weighted by molar-refractivity contribution is 0.482. The van der Waals surface area contributed by atoms with Gasteiger partial charge in [-0.2, -0.15) is 0 Å². The number of azo groups is 1. The minimum absolute atomic E-state index is 0.132. The van der Waals surface area contributed by atoms with Crippen LogP contribution in [-0.2, 0) is 0 Å². The van der Waals surface area contributed by atoms with Crippen LogP contribution >= 0.6 is 0 Å². The number of aliphatic imine (C=N–C) groups is 1. The SMILES string of the molecule is NNC1=C2N=NC(N)=C2C(c2ccc(Oc3ccccc3)cc2)C=N1. The molecule has 1 unspecified atom stereocenters. The van der Waals surface area contributed by atoms with Crippen molar-refractivity contribution in [3.63, 3.8) is 0 Å². The van der Waals surface area contributed by atoms with Crippen LogP contribution in [0.2, 0.25) is 0 Å². The molecule has 0 radical (unpaired) electrons. The number of rotatable bonds is 4. The van der Waals surface area contributed by atoms with Crippen molar-refractivity contribution in [2.45, 2.75) is 5.92 Å². The summed E-state index contributed by atoms with van der Waals surface area (Å²) >= 11 is 0. The Morgan fingerprint density at radius 3 is 2.36 bits per heavy atom. The summed E-state index contributed by atoms with van der Waals surface area (Å²) in [6, 6.07) is 17.4. The smallest absolute Gasteiger partial charge is 0.168 e. The summed E-state index contributed by atoms with van der Waals surface area (Å²) in [5, 5.41) is 8.02. The first-order valence-electron chi connectivity index (χ1n) is 7.76. The van der Waals surface area contributed by atoms with Gasteiger partial charge in [0.1, 0.15) is 17.2 Å². The van der Waals surface area contributed by atoms with E-state index in [1.807, 2.05) is 54.6 Å². The maximum Gasteiger partial charge on any atom is 0.168 e. The average Bonchev–Trinajstić information content (AvgIpc) is 3.05. The third kappa shape index (κ3) is 2.77. The molecule has 2 aliphatic rings. The molecule has 2 heterocycles. The topological polar surface area (TPSA) is 110 Å². The first kappa shape index (κ1) is 15.1. The van der Waals surface area contributed by atoms with Crippen LogP contribution in [0, 0.1) is 0 Å². The molecule has 0 bridgehead atoms. The van der Waals surface area contributed by atoms with Gasteiger partial charge in [0, 0.05) is 11.8 Å². The number of hydrogen-bond donors (Lipinski definition) is 3. The molecule has 2 aromatic carbocycles. The quantitative estimate of drug-likeness (QED) is 0.590. The standard InChI is InChI=1S/C18H16N6O/c19-17-15-14(10-21-18(22-20)16(15)23-24-17)11-6-8-13(9-7-11)25-12-4-2-1-3-5-12/h1-10,14,22H,19-20H2. The van der Waals surface area contributed by atoms with Crippen LogP contribution in [0.15, 0.2) is 92.7 Å². The molecular formula is C18H16N6O. The molecule has 4 rings (SSSR count). The molecule has 1 atom stereocenters. The van der Waals surface area contributed by atoms with Crippen LogP contribution in [0.4, 0.5) is 0 Å². The summed E-state index contributed by atoms with van der Waals surface area (Å²) in [4.78, 5) is 4.32. The van der Waals surface area contributed by atoms with Crippen LogP contribution in [0.25, 0.3) is 0 Å². The molecule has 124 valence electrons. The van der Waals surface area contributed by atoms with Crippen molar-refractivity contribution in [1.29, 1.82) is 0 Å². The summed E-state index contributed by atoms with van der Waals surface area (Å²) in [5.41, 5.74) is 10.9. The second kappa shape index (κ2) is 6.21. The highest BCUT2D eigenvalue weighted by atomic mass is 16.5. The summed E-state index contributed by atoms with van der Waals surface area (Å²) < 4.78 is 5.82. The molecule has 5 N–H and O–H groups in total. The zero-order valence-corrected chi connectivity index (χ0v) is 13.3. The van der Waals surface area contributed by atoms with E-state index in [-0.39, 0.29) is 5.92 Å². The maximum absolute atomic E-state index is 6.00. The highest BCUT2D eigenvalue weighted by molar-refractivity contribution is 5.79. The van der Waals surface area contributed by atoms with Gasteiger partial charge in [-0.05, 0) is 29.8 Å². The van der Waals surface area contributed by atoms with Gasteiger partial charge < -0.3 is 15.9 Å². The number of para-hydroxylation sites is 1. The van der Waals surface area contributed by atoms with Crippen LogP contribution in [0.1, 0.15) is 11.5 Å². The molecule has 7 heteroatoms. The lowest BCUT2D eigenvalue weighted by Gasteiger charge is -2.20. The third-order valence-electron chi connectivity index (χ3n) is 4.03. The predicted molar refractivity (Wildman–Crippen MR) is 94.6 cm³/mol. The summed E-state index contributed by atoms with van der Waals surface area (Å²) in [6.45, 7) is 0. The van der Waals surface area contributed by atoms with E-state index in [2.05, 4.69) is 20.6 Å². The van der Waals surface area contributed by atoms with Gasteiger partial charge in [-0.15, -0.1) is 10.2 Å². The van der Waals surface area contributed by atoms with Gasteiger partial charge in [0.2, 0.25) is 0 Å². The lowest BCUT2D eigenvalue weighted by Crippen LogP contribution is -2.25. The number of nitrogens with two attached hydrogens (primary N) is 2. The van der Waals surface area contributed by atoms with E-state index in [0.717, 1.165) is 22.6 Å². The molecule has 0 saturated heterocycles. The van der Waals surface area contributed by atoms with Gasteiger partial charge in [-0.3, -0.25) is 0 Å². The summed E-state index contributed by atoms with van der Waals surface area (Å²) in [6.07, 6.45) is 1.78. The second-order valence-corrected chi connectivity index (χ2v) is 5.58. The Balaban J connectivity index is 1.60. The summed E-state index contributed by atoms with van der Waals surface area (Å²) in [7, 11) is 0. The van der Waals surface area contributed by atoms with E-state index < -0.39 is 0 Å². The lowest BCUT2D eigenvalue weighted by atomic mass is 9.89. The summed E-state index contributed by atoms with van der Waals surface area (Å²) in [5.74, 6) is 7.73. The normalized spacial score (nSPS) is 18.5. The van der Waals surface area contributed by atoms with Crippen LogP contribution in [0.3, 0.4) is 0 Å². The van der Waals surface area contributed by atoms with E-state index >= 15 is 0 Å². The van der Waals surface area contributed by atoms with Crippen molar-refractivity contribution < 1.29 is 4.74 Å². The van der Waals surface area contributed by atoms with Gasteiger partial charge >= 0.3 is 0 Å². The van der Waals surface area contributed by atoms with Crippen LogP contribution in [0.5, 0.6) is 11.5 Å². The fraction of sp³-hybridized carbons (Fsp3) is 0.0556. The van der Waals surface area contributed by atoms with Crippen molar-refractivity contribution in [3.8, 4) is 11.5 Å². The van der Waals surface area contributed by atoms with Crippen molar-refractivity contribution >= 4 is 6.21 Å². The van der Waals surface area contributed by atoms with Gasteiger partial charge in [-0.25, -0.2) is 10.8 Å². The fourth-order valence-electron chi connectivity index (χ4n) is 2.83. The van der Waals surface area contributed by atoms with Gasteiger partial charge in [0.05, 0.1) is 5.92 Å². The van der Waals surface area contributed by atoms with Crippen LogP contribution in [-0.4, -0.2) is 6.21 Å². The molecule has 2 aliphatic heterocycles. The molecule has 7 nitrogen and oxygen atoms in total. The average molecular weight is 332 g/mol. The van der Waals surface area contributed by atoms with Gasteiger partial charge in [-0.1, -0.05) is 30.3 Å². The first-order chi connectivity index (χ1) is 12.3. The number of fused-ring (bicyclic) bond motifs is 1. The number of hydrazine groups is 1. The first-order valence-corrected chi connectivity index (χ1v) is 7.76. The van der Waals surface area contributed by atoms with Gasteiger partial charge in [0.15, 0.2) is 11.6 Å². The second-order valence-electron chi connectivity index (χ2n) is 5.58. The van der Waals surface area contributed by atoms with E-state index in [4.69, 9.17) is 16.3 Å². The van der Waals surface area contributed by atoms with Crippen molar-refractivity contribution in [2.75, 3.05) is 0 Å². The molecule has 0 amide bonds. The molecule has 0 saturated carbocycles. The Hall–Kier alpha value is -3.45. The number of benzene rings is 2. The number of nitrogens with zero attached hydrogens (tertiary/aromatic N) is 3. The predicted octanol–water partition coefficient (Wildman–Crippen LogP) is 2.92. The molecule has 0 fully saturated rings. The third-order valence-corrected chi connectivity index (χ3v) is 4.03. The minimum atomic E-state index is -0.132. The van der Waals surface area contributed by atoms with Crippen LogP contribution < -0.4 is 21.7 Å². The largest absolute Gasteiger partial charge is 0.457 e. The Morgan fingerprint density at radius 2 is 1.64 bits per heavy atom. The molecular weight excluding hydrogens is 316 g/mol. The van der Waals surface area contributed by atoms with E-state index in [1.54, 1.807) is 6.21 Å². The van der Waals surface area contributed by atoms with Crippen molar-refractivity contribution in [2.24, 2.45) is 26.8 Å². The van der Waals surface area contributed by atoms with E-state index in [1.165, 1.54) is 0 Å². The minimum Gasteiger partial charge on any atom is -0.457 e. The van der Waals surface area contributed by atoms with Crippen molar-refractivity contribution in [3.05, 3.63) is 83.1 Å². The molecule has 0 aliphatic carbocycles. The highest BCUT2D eigenvalue weighted by Gasteiger charge is 2.31. The Kier molecular flexibility index (Phi) is 3.75. The Morgan fingerprint density at radius 1 is 0.920 bits per heavy atom. The molecule has 0 spiro atoms. The number of ether oxygens (including phenoxy) is 1. The molecule has 2 aromatic rings. The highest BCUT2D eigenvalue weighted by Crippen LogP contribution is 2.39. The zero-order valence-electron chi connectivity index (χ0n) is 13.3. The maximum atomic E-state index is 6.00. The molecule has 0 aromatic heterocycles. The zero-order chi connectivity index (χ0) is 17.2. The number of hydrogen-bond acceptors (Lipinski definition) is 7. The number of allylic oxidation sites excluding steroid dienone is 1. The van der Waals surface area contributed by atoms with E-state index in [0.29, 0.717) is 17.3 Å². The number of nitrogens with one attached hydrogen (secondary N) is 1. The monoisotopic (exact) mass is 332 g/mol. The Labute approximate surface area is 144 Å². The fourth-order valence-corrected chi connectivity index (χ4v) is 2.83.